The van der Waals surface area contributed by atoms with Crippen LogP contribution in [-0.4, -0.2) is 53.4 Å². The second-order valence-electron chi connectivity index (χ2n) is 7.20. The maximum Gasteiger partial charge on any atom is 0.313 e. The Morgan fingerprint density at radius 2 is 2.08 bits per heavy atom. The zero-order chi connectivity index (χ0) is 17.2. The normalized spacial score (nSPS) is 28.8. The molecule has 2 N–H and O–H groups in total. The first-order chi connectivity index (χ1) is 11.5. The first kappa shape index (κ1) is 17.2. The summed E-state index contributed by atoms with van der Waals surface area (Å²) < 4.78 is 5.25. The van der Waals surface area contributed by atoms with Gasteiger partial charge in [0.1, 0.15) is 11.2 Å². The van der Waals surface area contributed by atoms with Gasteiger partial charge in [0.15, 0.2) is 0 Å². The molecule has 1 aliphatic carbocycles. The smallest absolute Gasteiger partial charge is 0.313 e. The van der Waals surface area contributed by atoms with Crippen LogP contribution in [0.5, 0.6) is 5.75 Å². The van der Waals surface area contributed by atoms with Crippen molar-refractivity contribution in [2.45, 2.75) is 50.7 Å². The first-order valence-electron chi connectivity index (χ1n) is 8.83. The molecule has 1 saturated heterocycles. The second kappa shape index (κ2) is 7.11. The SMILES string of the molecule is COc1cccc(C[C@@]2(C(=O)O)CN(C3CCCC3)CC[C@H]2O)c1. The fourth-order valence-corrected chi connectivity index (χ4v) is 4.30. The van der Waals surface area contributed by atoms with Crippen molar-refractivity contribution in [3.8, 4) is 5.75 Å². The molecule has 0 amide bonds. The lowest BCUT2D eigenvalue weighted by atomic mass is 9.72. The Hall–Kier alpha value is -1.59. The number of methoxy groups -OCH3 is 1. The van der Waals surface area contributed by atoms with Crippen molar-refractivity contribution in [3.63, 3.8) is 0 Å². The Balaban J connectivity index is 1.85. The van der Waals surface area contributed by atoms with Crippen LogP contribution in [-0.2, 0) is 11.2 Å². The van der Waals surface area contributed by atoms with Crippen LogP contribution in [0.15, 0.2) is 24.3 Å². The lowest BCUT2D eigenvalue weighted by Crippen LogP contribution is -2.58. The van der Waals surface area contributed by atoms with E-state index in [0.29, 0.717) is 31.2 Å². The van der Waals surface area contributed by atoms with Gasteiger partial charge in [-0.05, 0) is 43.4 Å². The predicted molar refractivity (Wildman–Crippen MR) is 91.2 cm³/mol. The Bertz CT molecular complexity index is 584. The zero-order valence-corrected chi connectivity index (χ0v) is 14.3. The number of ether oxygens (including phenoxy) is 1. The van der Waals surface area contributed by atoms with Crippen LogP contribution in [0.25, 0.3) is 0 Å². The molecule has 0 spiro atoms. The number of hydrogen-bond donors (Lipinski definition) is 2. The van der Waals surface area contributed by atoms with Gasteiger partial charge >= 0.3 is 5.97 Å². The van der Waals surface area contributed by atoms with Crippen molar-refractivity contribution in [1.82, 2.24) is 4.90 Å². The summed E-state index contributed by atoms with van der Waals surface area (Å²) in [5, 5.41) is 20.6. The lowest BCUT2D eigenvalue weighted by molar-refractivity contribution is -0.164. The third-order valence-electron chi connectivity index (χ3n) is 5.73. The summed E-state index contributed by atoms with van der Waals surface area (Å²) in [6.07, 6.45) is 4.75. The predicted octanol–water partition coefficient (Wildman–Crippen LogP) is 2.32. The molecule has 0 bridgehead atoms. The fraction of sp³-hybridized carbons (Fsp3) is 0.632. The minimum atomic E-state index is -1.15. The molecule has 0 radical (unpaired) electrons. The molecule has 5 nitrogen and oxygen atoms in total. The Labute approximate surface area is 143 Å². The molecule has 2 atom stereocenters. The largest absolute Gasteiger partial charge is 0.497 e. The molecule has 1 aromatic rings. The number of benzene rings is 1. The fourth-order valence-electron chi connectivity index (χ4n) is 4.30. The molecule has 3 rings (SSSR count). The van der Waals surface area contributed by atoms with Crippen LogP contribution in [0.3, 0.4) is 0 Å². The first-order valence-corrected chi connectivity index (χ1v) is 8.83. The van der Waals surface area contributed by atoms with Gasteiger partial charge in [-0.3, -0.25) is 9.69 Å². The standard InChI is InChI=1S/C19H27NO4/c1-24-16-8-4-5-14(11-16)12-19(18(22)23)13-20(10-9-17(19)21)15-6-2-3-7-15/h4-5,8,11,15,17,21H,2-3,6-7,9-10,12-13H2,1H3,(H,22,23)/t17-,19-/m1/s1. The molecule has 1 aliphatic heterocycles. The molecule has 5 heteroatoms. The zero-order valence-electron chi connectivity index (χ0n) is 14.3. The summed E-state index contributed by atoms with van der Waals surface area (Å²) in [7, 11) is 1.60. The number of piperidine rings is 1. The van der Waals surface area contributed by atoms with E-state index in [1.807, 2.05) is 24.3 Å². The number of aliphatic carboxylic acids is 1. The maximum atomic E-state index is 12.2. The van der Waals surface area contributed by atoms with Crippen molar-refractivity contribution in [2.75, 3.05) is 20.2 Å². The number of aliphatic hydroxyl groups is 1. The number of aliphatic hydroxyl groups excluding tert-OH is 1. The quantitative estimate of drug-likeness (QED) is 0.865. The Morgan fingerprint density at radius 1 is 1.33 bits per heavy atom. The van der Waals surface area contributed by atoms with Gasteiger partial charge in [0.2, 0.25) is 0 Å². The highest BCUT2D eigenvalue weighted by atomic mass is 16.5. The molecule has 2 aliphatic rings. The second-order valence-corrected chi connectivity index (χ2v) is 7.20. The van der Waals surface area contributed by atoms with E-state index in [1.165, 1.54) is 12.8 Å². The van der Waals surface area contributed by atoms with Gasteiger partial charge in [-0.25, -0.2) is 0 Å². The van der Waals surface area contributed by atoms with Gasteiger partial charge in [-0.15, -0.1) is 0 Å². The highest BCUT2D eigenvalue weighted by Crippen LogP contribution is 2.38. The van der Waals surface area contributed by atoms with E-state index >= 15 is 0 Å². The molecule has 1 saturated carbocycles. The average molecular weight is 333 g/mol. The van der Waals surface area contributed by atoms with E-state index in [1.54, 1.807) is 7.11 Å². The molecular weight excluding hydrogens is 306 g/mol. The van der Waals surface area contributed by atoms with Crippen LogP contribution in [0.1, 0.15) is 37.7 Å². The van der Waals surface area contributed by atoms with E-state index in [9.17, 15) is 15.0 Å². The summed E-state index contributed by atoms with van der Waals surface area (Å²) in [6.45, 7) is 1.21. The highest BCUT2D eigenvalue weighted by Gasteiger charge is 2.50. The number of hydrogen-bond acceptors (Lipinski definition) is 4. The average Bonchev–Trinajstić information content (AvgIpc) is 3.11. The molecule has 24 heavy (non-hydrogen) atoms. The van der Waals surface area contributed by atoms with Gasteiger partial charge in [0.25, 0.3) is 0 Å². The van der Waals surface area contributed by atoms with Gasteiger partial charge in [0, 0.05) is 19.1 Å². The monoisotopic (exact) mass is 333 g/mol. The Kier molecular flexibility index (Phi) is 5.11. The molecule has 1 aromatic carbocycles. The van der Waals surface area contributed by atoms with E-state index in [4.69, 9.17) is 4.74 Å². The van der Waals surface area contributed by atoms with E-state index in [2.05, 4.69) is 4.90 Å². The van der Waals surface area contributed by atoms with Gasteiger partial charge in [-0.2, -0.15) is 0 Å². The van der Waals surface area contributed by atoms with Crippen molar-refractivity contribution in [3.05, 3.63) is 29.8 Å². The molecule has 132 valence electrons. The van der Waals surface area contributed by atoms with Crippen molar-refractivity contribution >= 4 is 5.97 Å². The molecule has 0 aromatic heterocycles. The highest BCUT2D eigenvalue weighted by molar-refractivity contribution is 5.76. The van der Waals surface area contributed by atoms with Crippen molar-refractivity contribution in [1.29, 1.82) is 0 Å². The number of carboxylic acid groups (broad SMARTS) is 1. The summed E-state index contributed by atoms with van der Waals surface area (Å²) in [5.74, 6) is -0.188. The summed E-state index contributed by atoms with van der Waals surface area (Å²) in [4.78, 5) is 14.5. The summed E-state index contributed by atoms with van der Waals surface area (Å²) >= 11 is 0. The van der Waals surface area contributed by atoms with E-state index < -0.39 is 17.5 Å². The maximum absolute atomic E-state index is 12.2. The molecule has 0 unspecified atom stereocenters. The molecule has 2 fully saturated rings. The van der Waals surface area contributed by atoms with Crippen LogP contribution < -0.4 is 4.74 Å². The summed E-state index contributed by atoms with van der Waals surface area (Å²) in [6, 6.07) is 7.97. The Morgan fingerprint density at radius 3 is 2.75 bits per heavy atom. The third kappa shape index (κ3) is 3.28. The van der Waals surface area contributed by atoms with Crippen LogP contribution in [0, 0.1) is 5.41 Å². The number of nitrogens with zero attached hydrogens (tertiary/aromatic N) is 1. The molecule has 1 heterocycles. The minimum Gasteiger partial charge on any atom is -0.497 e. The van der Waals surface area contributed by atoms with Crippen LogP contribution in [0.4, 0.5) is 0 Å². The number of carboxylic acids is 1. The minimum absolute atomic E-state index is 0.323. The van der Waals surface area contributed by atoms with Crippen LogP contribution in [0.2, 0.25) is 0 Å². The van der Waals surface area contributed by atoms with Gasteiger partial charge < -0.3 is 14.9 Å². The van der Waals surface area contributed by atoms with E-state index in [-0.39, 0.29) is 0 Å². The van der Waals surface area contributed by atoms with Crippen LogP contribution >= 0.6 is 0 Å². The van der Waals surface area contributed by atoms with Gasteiger partial charge in [-0.1, -0.05) is 25.0 Å². The lowest BCUT2D eigenvalue weighted by Gasteiger charge is -2.45. The third-order valence-corrected chi connectivity index (χ3v) is 5.73. The van der Waals surface area contributed by atoms with Crippen molar-refractivity contribution in [2.24, 2.45) is 5.41 Å². The van der Waals surface area contributed by atoms with Gasteiger partial charge in [0.05, 0.1) is 13.2 Å². The number of carbonyl (C=O) groups is 1. The number of likely N-dealkylation sites (tertiary alicyclic amines) is 1. The van der Waals surface area contributed by atoms with Crippen molar-refractivity contribution < 1.29 is 19.7 Å². The molecular formula is C19H27NO4. The number of rotatable bonds is 5. The topological polar surface area (TPSA) is 70.0 Å². The summed E-state index contributed by atoms with van der Waals surface area (Å²) in [5.41, 5.74) is -0.253. The van der Waals surface area contributed by atoms with E-state index in [0.717, 1.165) is 24.9 Å².